The molecule has 0 unspecified atom stereocenters. The topological polar surface area (TPSA) is 44.5 Å². The van der Waals surface area contributed by atoms with Crippen LogP contribution in [0.5, 0.6) is 11.5 Å². The van der Waals surface area contributed by atoms with Gasteiger partial charge in [-0.05, 0) is 18.7 Å². The van der Waals surface area contributed by atoms with Crippen molar-refractivity contribution in [3.05, 3.63) is 16.7 Å². The molecule has 0 fully saturated rings. The van der Waals surface area contributed by atoms with Gasteiger partial charge in [0.2, 0.25) is 0 Å². The summed E-state index contributed by atoms with van der Waals surface area (Å²) < 4.78 is 11.7. The minimum Gasteiger partial charge on any atom is -0.493 e. The highest BCUT2D eigenvalue weighted by molar-refractivity contribution is 7.99. The average Bonchev–Trinajstić information content (AvgIpc) is 3.01. The Morgan fingerprint density at radius 2 is 1.83 bits per heavy atom. The van der Waals surface area contributed by atoms with Gasteiger partial charge in [0.25, 0.3) is 0 Å². The first-order valence-corrected chi connectivity index (χ1v) is 7.64. The van der Waals surface area contributed by atoms with Gasteiger partial charge in [0.1, 0.15) is 11.5 Å². The summed E-state index contributed by atoms with van der Waals surface area (Å²) in [6.45, 7) is 4.45. The van der Waals surface area contributed by atoms with Gasteiger partial charge >= 0.3 is 0 Å². The lowest BCUT2D eigenvalue weighted by Gasteiger charge is -2.16. The molecule has 1 aromatic carbocycles. The third-order valence-corrected chi connectivity index (χ3v) is 4.56. The minimum atomic E-state index is 0.669. The van der Waals surface area contributed by atoms with Crippen molar-refractivity contribution in [2.75, 3.05) is 25.5 Å². The zero-order valence-corrected chi connectivity index (χ0v) is 11.6. The fraction of sp³-hybridized carbons (Fsp3) is 0.571. The van der Waals surface area contributed by atoms with Crippen LogP contribution in [0.4, 0.5) is 0 Å². The number of nitrogens with two attached hydrogens (primary N) is 1. The molecular formula is C14H19NO2S. The van der Waals surface area contributed by atoms with Gasteiger partial charge < -0.3 is 15.2 Å². The van der Waals surface area contributed by atoms with Crippen molar-refractivity contribution >= 4 is 11.8 Å². The van der Waals surface area contributed by atoms with E-state index in [9.17, 15) is 0 Å². The molecule has 4 heteroatoms. The molecular weight excluding hydrogens is 246 g/mol. The summed E-state index contributed by atoms with van der Waals surface area (Å²) in [6.07, 6.45) is 2.90. The molecule has 0 atom stereocenters. The van der Waals surface area contributed by atoms with Crippen molar-refractivity contribution < 1.29 is 9.47 Å². The van der Waals surface area contributed by atoms with Gasteiger partial charge in [0.15, 0.2) is 0 Å². The van der Waals surface area contributed by atoms with E-state index in [1.807, 2.05) is 11.8 Å². The first-order valence-electron chi connectivity index (χ1n) is 6.65. The molecule has 0 radical (unpaired) electrons. The molecule has 0 aromatic heterocycles. The maximum atomic E-state index is 5.88. The smallest absolute Gasteiger partial charge is 0.137 e. The molecule has 2 aliphatic rings. The van der Waals surface area contributed by atoms with Crippen LogP contribution in [-0.4, -0.2) is 25.5 Å². The fourth-order valence-electron chi connectivity index (χ4n) is 2.87. The molecule has 2 aliphatic heterocycles. The number of fused-ring (bicyclic) bond motifs is 2. The second kappa shape index (κ2) is 5.02. The van der Waals surface area contributed by atoms with Crippen LogP contribution in [0.2, 0.25) is 0 Å². The van der Waals surface area contributed by atoms with Crippen LogP contribution in [0.3, 0.4) is 0 Å². The van der Waals surface area contributed by atoms with Crippen LogP contribution in [0.1, 0.15) is 23.6 Å². The summed E-state index contributed by atoms with van der Waals surface area (Å²) in [5.41, 5.74) is 9.74. The highest BCUT2D eigenvalue weighted by Crippen LogP contribution is 2.48. The zero-order chi connectivity index (χ0) is 12.5. The molecule has 1 aromatic rings. The average molecular weight is 265 g/mol. The molecule has 2 heterocycles. The van der Waals surface area contributed by atoms with E-state index < -0.39 is 0 Å². The summed E-state index contributed by atoms with van der Waals surface area (Å²) in [4.78, 5) is 1.32. The number of hydrogen-bond donors (Lipinski definition) is 1. The number of benzene rings is 1. The first-order chi connectivity index (χ1) is 8.86. The van der Waals surface area contributed by atoms with Gasteiger partial charge in [-0.25, -0.2) is 0 Å². The lowest BCUT2D eigenvalue weighted by Crippen LogP contribution is -2.07. The third-order valence-electron chi connectivity index (χ3n) is 3.55. The van der Waals surface area contributed by atoms with Crippen molar-refractivity contribution in [1.29, 1.82) is 0 Å². The third kappa shape index (κ3) is 1.79. The summed E-state index contributed by atoms with van der Waals surface area (Å²) in [7, 11) is 0. The van der Waals surface area contributed by atoms with E-state index in [-0.39, 0.29) is 0 Å². The Balaban J connectivity index is 2.18. The van der Waals surface area contributed by atoms with E-state index in [2.05, 4.69) is 6.92 Å². The van der Waals surface area contributed by atoms with E-state index in [1.165, 1.54) is 21.6 Å². The Labute approximate surface area is 112 Å². The molecule has 2 N–H and O–H groups in total. The van der Waals surface area contributed by atoms with Crippen molar-refractivity contribution in [1.82, 2.24) is 0 Å². The number of thioether (sulfide) groups is 1. The van der Waals surface area contributed by atoms with E-state index in [0.717, 1.165) is 49.7 Å². The Bertz CT molecular complexity index is 397. The quantitative estimate of drug-likeness (QED) is 0.847. The molecule has 98 valence electrons. The van der Waals surface area contributed by atoms with Gasteiger partial charge in [-0.15, -0.1) is 11.8 Å². The predicted octanol–water partition coefficient (Wildman–Crippen LogP) is 2.17. The zero-order valence-electron chi connectivity index (χ0n) is 10.8. The fourth-order valence-corrected chi connectivity index (χ4v) is 3.84. The maximum Gasteiger partial charge on any atom is 0.137 e. The monoisotopic (exact) mass is 265 g/mol. The SMILES string of the molecule is CCSc1c2c(c(CCN)c3c1OCC3)OCC2. The van der Waals surface area contributed by atoms with Crippen LogP contribution in [0.25, 0.3) is 0 Å². The molecule has 0 spiro atoms. The van der Waals surface area contributed by atoms with E-state index in [0.29, 0.717) is 6.54 Å². The maximum absolute atomic E-state index is 5.88. The number of hydrogen-bond acceptors (Lipinski definition) is 4. The minimum absolute atomic E-state index is 0.669. The van der Waals surface area contributed by atoms with Crippen LogP contribution in [0, 0.1) is 0 Å². The highest BCUT2D eigenvalue weighted by Gasteiger charge is 2.30. The molecule has 0 saturated carbocycles. The van der Waals surface area contributed by atoms with Crippen LogP contribution in [0.15, 0.2) is 4.90 Å². The van der Waals surface area contributed by atoms with Gasteiger partial charge in [-0.1, -0.05) is 6.92 Å². The second-order valence-electron chi connectivity index (χ2n) is 4.59. The first kappa shape index (κ1) is 12.2. The van der Waals surface area contributed by atoms with Crippen molar-refractivity contribution in [2.45, 2.75) is 31.1 Å². The summed E-state index contributed by atoms with van der Waals surface area (Å²) >= 11 is 1.88. The summed E-state index contributed by atoms with van der Waals surface area (Å²) in [5, 5.41) is 0. The van der Waals surface area contributed by atoms with E-state index in [4.69, 9.17) is 15.2 Å². The van der Waals surface area contributed by atoms with E-state index in [1.54, 1.807) is 0 Å². The van der Waals surface area contributed by atoms with Crippen LogP contribution >= 0.6 is 11.8 Å². The van der Waals surface area contributed by atoms with Gasteiger partial charge in [-0.3, -0.25) is 0 Å². The van der Waals surface area contributed by atoms with Gasteiger partial charge in [-0.2, -0.15) is 0 Å². The Hall–Kier alpha value is -0.870. The van der Waals surface area contributed by atoms with Crippen molar-refractivity contribution in [2.24, 2.45) is 5.73 Å². The van der Waals surface area contributed by atoms with Crippen LogP contribution in [-0.2, 0) is 19.3 Å². The lowest BCUT2D eigenvalue weighted by atomic mass is 9.97. The lowest BCUT2D eigenvalue weighted by molar-refractivity contribution is 0.349. The van der Waals surface area contributed by atoms with Crippen molar-refractivity contribution in [3.63, 3.8) is 0 Å². The molecule has 0 saturated heterocycles. The number of rotatable bonds is 4. The normalized spacial score (nSPS) is 16.1. The Kier molecular flexibility index (Phi) is 3.39. The largest absolute Gasteiger partial charge is 0.493 e. The summed E-state index contributed by atoms with van der Waals surface area (Å²) in [6, 6.07) is 0. The molecule has 18 heavy (non-hydrogen) atoms. The molecule has 0 amide bonds. The molecule has 3 rings (SSSR count). The van der Waals surface area contributed by atoms with E-state index >= 15 is 0 Å². The van der Waals surface area contributed by atoms with Gasteiger partial charge in [0, 0.05) is 29.5 Å². The van der Waals surface area contributed by atoms with Crippen LogP contribution < -0.4 is 15.2 Å². The van der Waals surface area contributed by atoms with Gasteiger partial charge in [0.05, 0.1) is 18.1 Å². The second-order valence-corrected chi connectivity index (χ2v) is 5.87. The summed E-state index contributed by atoms with van der Waals surface area (Å²) in [5.74, 6) is 3.30. The molecule has 0 aliphatic carbocycles. The molecule has 0 bridgehead atoms. The number of ether oxygens (including phenoxy) is 2. The van der Waals surface area contributed by atoms with Crippen molar-refractivity contribution in [3.8, 4) is 11.5 Å². The highest BCUT2D eigenvalue weighted by atomic mass is 32.2. The standard InChI is InChI=1S/C14H19NO2S/c1-2-18-14-11-5-8-16-12(11)9(3-6-15)10-4-7-17-13(10)14/h2-8,15H2,1H3. The molecule has 3 nitrogen and oxygen atoms in total. The Morgan fingerprint density at radius 3 is 2.56 bits per heavy atom. The predicted molar refractivity (Wildman–Crippen MR) is 74.0 cm³/mol. The Morgan fingerprint density at radius 1 is 1.11 bits per heavy atom.